The number of para-hydroxylation sites is 1. The van der Waals surface area contributed by atoms with E-state index >= 15 is 0 Å². The first-order valence-corrected chi connectivity index (χ1v) is 9.73. The Morgan fingerprint density at radius 3 is 2.19 bits per heavy atom. The molecule has 3 aromatic carbocycles. The summed E-state index contributed by atoms with van der Waals surface area (Å²) in [4.78, 5) is 38.9. The van der Waals surface area contributed by atoms with E-state index in [0.717, 1.165) is 16.0 Å². The highest BCUT2D eigenvalue weighted by Crippen LogP contribution is 2.26. The summed E-state index contributed by atoms with van der Waals surface area (Å²) in [5, 5.41) is 2.25. The number of hydrogen-bond donors (Lipinski definition) is 1. The molecule has 0 radical (unpaired) electrons. The van der Waals surface area contributed by atoms with Crippen LogP contribution in [-0.2, 0) is 9.59 Å². The van der Waals surface area contributed by atoms with E-state index < -0.39 is 17.8 Å². The van der Waals surface area contributed by atoms with Crippen molar-refractivity contribution in [3.8, 4) is 11.5 Å². The highest BCUT2D eigenvalue weighted by Gasteiger charge is 2.36. The lowest BCUT2D eigenvalue weighted by molar-refractivity contribution is -0.122. The summed E-state index contributed by atoms with van der Waals surface area (Å²) in [6.45, 7) is 3.76. The van der Waals surface area contributed by atoms with Crippen molar-refractivity contribution in [2.75, 3.05) is 4.90 Å². The lowest BCUT2D eigenvalue weighted by Gasteiger charge is -2.27. The highest BCUT2D eigenvalue weighted by atomic mass is 16.5. The predicted octanol–water partition coefficient (Wildman–Crippen LogP) is 4.76. The number of carbonyl (C=O) groups is 3. The number of nitrogens with zero attached hydrogens (tertiary/aromatic N) is 1. The van der Waals surface area contributed by atoms with Gasteiger partial charge in [-0.15, -0.1) is 0 Å². The molecule has 1 heterocycles. The van der Waals surface area contributed by atoms with E-state index in [9.17, 15) is 14.4 Å². The first kappa shape index (κ1) is 20.1. The summed E-state index contributed by atoms with van der Waals surface area (Å²) in [6.07, 6.45) is 1.46. The average molecular weight is 412 g/mol. The van der Waals surface area contributed by atoms with Gasteiger partial charge in [0.15, 0.2) is 0 Å². The summed E-state index contributed by atoms with van der Waals surface area (Å²) in [6, 6.07) is 20.9. The van der Waals surface area contributed by atoms with Crippen molar-refractivity contribution in [1.82, 2.24) is 5.32 Å². The number of anilines is 1. The second kappa shape index (κ2) is 8.28. The van der Waals surface area contributed by atoms with Gasteiger partial charge in [0.25, 0.3) is 11.8 Å². The predicted molar refractivity (Wildman–Crippen MR) is 118 cm³/mol. The molecule has 0 aliphatic carbocycles. The summed E-state index contributed by atoms with van der Waals surface area (Å²) in [7, 11) is 0. The molecule has 0 atom stereocenters. The van der Waals surface area contributed by atoms with Gasteiger partial charge in [0.2, 0.25) is 0 Å². The van der Waals surface area contributed by atoms with Crippen LogP contribution in [0.25, 0.3) is 6.08 Å². The molecule has 1 fully saturated rings. The molecule has 154 valence electrons. The van der Waals surface area contributed by atoms with E-state index in [1.807, 2.05) is 50.2 Å². The number of imide groups is 2. The maximum atomic E-state index is 13.1. The van der Waals surface area contributed by atoms with Gasteiger partial charge in [0.1, 0.15) is 17.1 Å². The van der Waals surface area contributed by atoms with Crippen LogP contribution in [0.15, 0.2) is 78.4 Å². The van der Waals surface area contributed by atoms with Crippen LogP contribution < -0.4 is 15.0 Å². The zero-order valence-corrected chi connectivity index (χ0v) is 17.1. The second-order valence-electron chi connectivity index (χ2n) is 7.29. The fourth-order valence-corrected chi connectivity index (χ4v) is 3.43. The van der Waals surface area contributed by atoms with Crippen LogP contribution in [0.2, 0.25) is 0 Å². The van der Waals surface area contributed by atoms with Crippen LogP contribution in [0, 0.1) is 13.8 Å². The summed E-state index contributed by atoms with van der Waals surface area (Å²) in [5.41, 5.74) is 2.70. The third-order valence-electron chi connectivity index (χ3n) is 4.71. The molecular formula is C25H20N2O4. The van der Waals surface area contributed by atoms with Crippen LogP contribution >= 0.6 is 0 Å². The number of ether oxygens (including phenoxy) is 1. The molecule has 31 heavy (non-hydrogen) atoms. The van der Waals surface area contributed by atoms with Gasteiger partial charge in [-0.05, 0) is 73.0 Å². The molecule has 1 N–H and O–H groups in total. The zero-order valence-electron chi connectivity index (χ0n) is 17.1. The molecule has 0 aromatic heterocycles. The number of benzene rings is 3. The first-order valence-electron chi connectivity index (χ1n) is 9.73. The number of aryl methyl sites for hydroxylation is 2. The molecule has 6 heteroatoms. The molecule has 1 aliphatic rings. The quantitative estimate of drug-likeness (QED) is 0.495. The molecule has 0 spiro atoms. The first-order chi connectivity index (χ1) is 14.9. The maximum Gasteiger partial charge on any atom is 0.335 e. The molecular weight excluding hydrogens is 392 g/mol. The van der Waals surface area contributed by atoms with Crippen LogP contribution in [-0.4, -0.2) is 17.8 Å². The molecule has 0 bridgehead atoms. The smallest absolute Gasteiger partial charge is 0.335 e. The Kier molecular flexibility index (Phi) is 5.37. The normalized spacial score (nSPS) is 15.2. The van der Waals surface area contributed by atoms with Crippen molar-refractivity contribution in [1.29, 1.82) is 0 Å². The zero-order chi connectivity index (χ0) is 22.0. The van der Waals surface area contributed by atoms with Gasteiger partial charge in [0, 0.05) is 0 Å². The maximum absolute atomic E-state index is 13.1. The van der Waals surface area contributed by atoms with Gasteiger partial charge in [-0.3, -0.25) is 14.9 Å². The minimum atomic E-state index is -0.765. The van der Waals surface area contributed by atoms with Crippen molar-refractivity contribution in [3.63, 3.8) is 0 Å². The van der Waals surface area contributed by atoms with Crippen molar-refractivity contribution < 1.29 is 19.1 Å². The molecule has 6 nitrogen and oxygen atoms in total. The van der Waals surface area contributed by atoms with Gasteiger partial charge in [-0.1, -0.05) is 36.4 Å². The van der Waals surface area contributed by atoms with Gasteiger partial charge < -0.3 is 4.74 Å². The third kappa shape index (κ3) is 4.38. The van der Waals surface area contributed by atoms with Crippen LogP contribution in [0.4, 0.5) is 10.5 Å². The van der Waals surface area contributed by atoms with E-state index in [1.165, 1.54) is 6.08 Å². The fraction of sp³-hybridized carbons (Fsp3) is 0.0800. The fourth-order valence-electron chi connectivity index (χ4n) is 3.43. The van der Waals surface area contributed by atoms with Crippen molar-refractivity contribution in [3.05, 3.63) is 95.1 Å². The molecule has 0 unspecified atom stereocenters. The standard InChI is InChI=1S/C25H20N2O4/c1-16-11-17(2)13-19(12-16)27-24(29)22(23(28)26-25(27)30)15-18-7-6-10-21(14-18)31-20-8-4-3-5-9-20/h3-15H,1-2H3,(H,26,28,30)/b22-15-. The minimum Gasteiger partial charge on any atom is -0.457 e. The Bertz CT molecular complexity index is 1190. The lowest BCUT2D eigenvalue weighted by Crippen LogP contribution is -2.54. The Labute approximate surface area is 179 Å². The molecule has 1 aliphatic heterocycles. The van der Waals surface area contributed by atoms with Crippen LogP contribution in [0.1, 0.15) is 16.7 Å². The Hall–Kier alpha value is -4.19. The van der Waals surface area contributed by atoms with Crippen molar-refractivity contribution in [2.24, 2.45) is 0 Å². The van der Waals surface area contributed by atoms with E-state index in [4.69, 9.17) is 4.74 Å². The SMILES string of the molecule is Cc1cc(C)cc(N2C(=O)NC(=O)/C(=C/c3cccc(Oc4ccccc4)c3)C2=O)c1. The van der Waals surface area contributed by atoms with Gasteiger partial charge in [-0.2, -0.15) is 0 Å². The molecule has 4 amide bonds. The lowest BCUT2D eigenvalue weighted by atomic mass is 10.1. The number of nitrogens with one attached hydrogen (secondary N) is 1. The van der Waals surface area contributed by atoms with E-state index in [-0.39, 0.29) is 5.57 Å². The number of urea groups is 1. The van der Waals surface area contributed by atoms with E-state index in [2.05, 4.69) is 5.32 Å². The van der Waals surface area contributed by atoms with Crippen LogP contribution in [0.3, 0.4) is 0 Å². The van der Waals surface area contributed by atoms with Gasteiger partial charge in [-0.25, -0.2) is 9.69 Å². The Morgan fingerprint density at radius 2 is 1.48 bits per heavy atom. The second-order valence-corrected chi connectivity index (χ2v) is 7.29. The number of carbonyl (C=O) groups excluding carboxylic acids is 3. The highest BCUT2D eigenvalue weighted by molar-refractivity contribution is 6.39. The number of barbiturate groups is 1. The van der Waals surface area contributed by atoms with Crippen LogP contribution in [0.5, 0.6) is 11.5 Å². The molecule has 4 rings (SSSR count). The molecule has 3 aromatic rings. The number of amides is 4. The van der Waals surface area contributed by atoms with Crippen molar-refractivity contribution in [2.45, 2.75) is 13.8 Å². The summed E-state index contributed by atoms with van der Waals surface area (Å²) < 4.78 is 5.82. The Morgan fingerprint density at radius 1 is 0.806 bits per heavy atom. The Balaban J connectivity index is 1.66. The number of rotatable bonds is 4. The van der Waals surface area contributed by atoms with Gasteiger partial charge in [0.05, 0.1) is 5.69 Å². The van der Waals surface area contributed by atoms with Crippen molar-refractivity contribution >= 4 is 29.6 Å². The largest absolute Gasteiger partial charge is 0.457 e. The molecule has 1 saturated heterocycles. The number of hydrogen-bond acceptors (Lipinski definition) is 4. The average Bonchev–Trinajstić information content (AvgIpc) is 2.71. The third-order valence-corrected chi connectivity index (χ3v) is 4.71. The topological polar surface area (TPSA) is 75.7 Å². The van der Waals surface area contributed by atoms with E-state index in [0.29, 0.717) is 22.7 Å². The monoisotopic (exact) mass is 412 g/mol. The minimum absolute atomic E-state index is 0.129. The summed E-state index contributed by atoms with van der Waals surface area (Å²) >= 11 is 0. The van der Waals surface area contributed by atoms with E-state index in [1.54, 1.807) is 36.4 Å². The molecule has 0 saturated carbocycles. The van der Waals surface area contributed by atoms with Gasteiger partial charge >= 0.3 is 6.03 Å². The summed E-state index contributed by atoms with van der Waals surface area (Å²) in [5.74, 6) is -0.171.